The third kappa shape index (κ3) is 2.24. The van der Waals surface area contributed by atoms with Gasteiger partial charge in [-0.2, -0.15) is 0 Å². The van der Waals surface area contributed by atoms with Crippen molar-refractivity contribution in [3.63, 3.8) is 0 Å². The Kier molecular flexibility index (Phi) is 3.31. The van der Waals surface area contributed by atoms with E-state index in [1.54, 1.807) is 0 Å². The van der Waals surface area contributed by atoms with Crippen LogP contribution in [0.4, 0.5) is 5.69 Å². The number of para-hydroxylation sites is 1. The van der Waals surface area contributed by atoms with Crippen molar-refractivity contribution in [3.05, 3.63) is 70.5 Å². The second kappa shape index (κ2) is 5.38. The molecule has 2 aromatic carbocycles. The molecular formula is C21H21N3. The number of nitrogens with one attached hydrogen (secondary N) is 1. The maximum atomic E-state index is 6.55. The second-order valence-corrected chi connectivity index (χ2v) is 6.56. The van der Waals surface area contributed by atoms with Crippen LogP contribution in [0.3, 0.4) is 0 Å². The Hall–Kier alpha value is -2.81. The standard InChI is InChI=1S/C21H21N3/c1-12-8-9-20-18(10-12)21(22)17(14(3)24-20)11-16-13(2)23-19-7-5-4-6-15(16)19/h4-10,23H,11H2,1-3H3,(H2,22,24). The van der Waals surface area contributed by atoms with E-state index in [1.165, 1.54) is 27.7 Å². The molecule has 0 aliphatic rings. The summed E-state index contributed by atoms with van der Waals surface area (Å²) in [7, 11) is 0. The molecule has 0 aliphatic carbocycles. The predicted octanol–water partition coefficient (Wildman–Crippen LogP) is 4.81. The molecule has 2 heterocycles. The summed E-state index contributed by atoms with van der Waals surface area (Å²) in [5.41, 5.74) is 15.4. The average molecular weight is 315 g/mol. The fraction of sp³-hybridized carbons (Fsp3) is 0.190. The number of aromatic nitrogens is 2. The highest BCUT2D eigenvalue weighted by Crippen LogP contribution is 2.31. The third-order valence-electron chi connectivity index (χ3n) is 4.87. The van der Waals surface area contributed by atoms with Crippen LogP contribution in [0.5, 0.6) is 0 Å². The van der Waals surface area contributed by atoms with Gasteiger partial charge in [0.25, 0.3) is 0 Å². The summed E-state index contributed by atoms with van der Waals surface area (Å²) in [6, 6.07) is 14.7. The first-order valence-corrected chi connectivity index (χ1v) is 8.26. The molecule has 3 nitrogen and oxygen atoms in total. The van der Waals surface area contributed by atoms with E-state index >= 15 is 0 Å². The van der Waals surface area contributed by atoms with Gasteiger partial charge in [0.15, 0.2) is 0 Å². The van der Waals surface area contributed by atoms with Crippen LogP contribution in [0.25, 0.3) is 21.8 Å². The van der Waals surface area contributed by atoms with Crippen LogP contribution in [0.2, 0.25) is 0 Å². The molecule has 24 heavy (non-hydrogen) atoms. The SMILES string of the molecule is Cc1ccc2nc(C)c(Cc3c(C)[nH]c4ccccc34)c(N)c2c1. The van der Waals surface area contributed by atoms with Crippen LogP contribution in [-0.2, 0) is 6.42 Å². The van der Waals surface area contributed by atoms with Gasteiger partial charge in [0.2, 0.25) is 0 Å². The first kappa shape index (κ1) is 14.8. The average Bonchev–Trinajstić information content (AvgIpc) is 2.88. The van der Waals surface area contributed by atoms with Crippen molar-refractivity contribution in [2.75, 3.05) is 5.73 Å². The van der Waals surface area contributed by atoms with Gasteiger partial charge in [-0.3, -0.25) is 4.98 Å². The Morgan fingerprint density at radius 1 is 0.958 bits per heavy atom. The molecule has 3 heteroatoms. The van der Waals surface area contributed by atoms with Crippen LogP contribution in [0.15, 0.2) is 42.5 Å². The highest BCUT2D eigenvalue weighted by molar-refractivity contribution is 5.93. The van der Waals surface area contributed by atoms with Gasteiger partial charge in [0.1, 0.15) is 0 Å². The molecule has 2 aromatic heterocycles. The number of aryl methyl sites for hydroxylation is 3. The Bertz CT molecular complexity index is 1070. The Labute approximate surface area is 141 Å². The molecule has 3 N–H and O–H groups in total. The fourth-order valence-corrected chi connectivity index (χ4v) is 3.53. The Balaban J connectivity index is 1.91. The van der Waals surface area contributed by atoms with Gasteiger partial charge in [0, 0.05) is 45.3 Å². The van der Waals surface area contributed by atoms with Crippen LogP contribution in [0, 0.1) is 20.8 Å². The second-order valence-electron chi connectivity index (χ2n) is 6.56. The number of fused-ring (bicyclic) bond motifs is 2. The number of nitrogens with zero attached hydrogens (tertiary/aromatic N) is 1. The molecule has 0 bridgehead atoms. The number of hydrogen-bond donors (Lipinski definition) is 2. The van der Waals surface area contributed by atoms with E-state index in [2.05, 4.69) is 68.2 Å². The minimum atomic E-state index is 0.796. The Morgan fingerprint density at radius 3 is 2.58 bits per heavy atom. The monoisotopic (exact) mass is 315 g/mol. The van der Waals surface area contributed by atoms with E-state index in [0.717, 1.165) is 34.3 Å². The fourth-order valence-electron chi connectivity index (χ4n) is 3.53. The number of rotatable bonds is 2. The number of benzene rings is 2. The molecule has 0 saturated carbocycles. The highest BCUT2D eigenvalue weighted by Gasteiger charge is 2.15. The van der Waals surface area contributed by atoms with Crippen LogP contribution in [0.1, 0.15) is 28.1 Å². The normalized spacial score (nSPS) is 11.5. The zero-order valence-corrected chi connectivity index (χ0v) is 14.3. The van der Waals surface area contributed by atoms with Gasteiger partial charge in [-0.05, 0) is 44.5 Å². The molecule has 0 fully saturated rings. The number of pyridine rings is 1. The number of aromatic amines is 1. The van der Waals surface area contributed by atoms with Gasteiger partial charge in [-0.25, -0.2) is 0 Å². The van der Waals surface area contributed by atoms with Crippen LogP contribution < -0.4 is 5.73 Å². The minimum absolute atomic E-state index is 0.796. The lowest BCUT2D eigenvalue weighted by Crippen LogP contribution is -2.03. The molecule has 0 saturated heterocycles. The summed E-state index contributed by atoms with van der Waals surface area (Å²) in [6.45, 7) is 6.26. The molecule has 0 atom stereocenters. The Morgan fingerprint density at radius 2 is 1.75 bits per heavy atom. The molecule has 0 amide bonds. The van der Waals surface area contributed by atoms with Crippen LogP contribution >= 0.6 is 0 Å². The molecule has 4 rings (SSSR count). The molecule has 0 unspecified atom stereocenters. The minimum Gasteiger partial charge on any atom is -0.398 e. The zero-order chi connectivity index (χ0) is 16.8. The van der Waals surface area contributed by atoms with Gasteiger partial charge in [-0.1, -0.05) is 29.8 Å². The summed E-state index contributed by atoms with van der Waals surface area (Å²) >= 11 is 0. The predicted molar refractivity (Wildman–Crippen MR) is 101 cm³/mol. The molecule has 4 aromatic rings. The lowest BCUT2D eigenvalue weighted by atomic mass is 9.97. The van der Waals surface area contributed by atoms with Gasteiger partial charge in [-0.15, -0.1) is 0 Å². The summed E-state index contributed by atoms with van der Waals surface area (Å²) in [5.74, 6) is 0. The van der Waals surface area contributed by atoms with Crippen molar-refractivity contribution in [2.24, 2.45) is 0 Å². The van der Waals surface area contributed by atoms with E-state index in [-0.39, 0.29) is 0 Å². The number of nitrogens with two attached hydrogens (primary N) is 1. The largest absolute Gasteiger partial charge is 0.398 e. The quantitative estimate of drug-likeness (QED) is 0.557. The number of hydrogen-bond acceptors (Lipinski definition) is 2. The molecule has 0 spiro atoms. The topological polar surface area (TPSA) is 54.7 Å². The molecule has 0 aliphatic heterocycles. The summed E-state index contributed by atoms with van der Waals surface area (Å²) in [4.78, 5) is 8.25. The van der Waals surface area contributed by atoms with Crippen molar-refractivity contribution >= 4 is 27.5 Å². The smallest absolute Gasteiger partial charge is 0.0726 e. The van der Waals surface area contributed by atoms with Crippen molar-refractivity contribution < 1.29 is 0 Å². The first-order chi connectivity index (χ1) is 11.5. The maximum absolute atomic E-state index is 6.55. The van der Waals surface area contributed by atoms with Gasteiger partial charge < -0.3 is 10.7 Å². The van der Waals surface area contributed by atoms with Crippen molar-refractivity contribution in [2.45, 2.75) is 27.2 Å². The first-order valence-electron chi connectivity index (χ1n) is 8.26. The van der Waals surface area contributed by atoms with Crippen molar-refractivity contribution in [1.82, 2.24) is 9.97 Å². The lowest BCUT2D eigenvalue weighted by Gasteiger charge is -2.13. The van der Waals surface area contributed by atoms with E-state index in [1.807, 2.05) is 0 Å². The van der Waals surface area contributed by atoms with Crippen molar-refractivity contribution in [1.29, 1.82) is 0 Å². The van der Waals surface area contributed by atoms with E-state index in [0.29, 0.717) is 0 Å². The highest BCUT2D eigenvalue weighted by atomic mass is 14.7. The lowest BCUT2D eigenvalue weighted by molar-refractivity contribution is 1.09. The number of H-pyrrole nitrogens is 1. The van der Waals surface area contributed by atoms with Crippen LogP contribution in [-0.4, -0.2) is 9.97 Å². The number of anilines is 1. The summed E-state index contributed by atoms with van der Waals surface area (Å²) in [5, 5.41) is 2.31. The number of nitrogen functional groups attached to an aromatic ring is 1. The molecule has 120 valence electrons. The van der Waals surface area contributed by atoms with Crippen molar-refractivity contribution in [3.8, 4) is 0 Å². The summed E-state index contributed by atoms with van der Waals surface area (Å²) < 4.78 is 0. The van der Waals surface area contributed by atoms with E-state index in [9.17, 15) is 0 Å². The molecule has 0 radical (unpaired) electrons. The van der Waals surface area contributed by atoms with E-state index < -0.39 is 0 Å². The van der Waals surface area contributed by atoms with Gasteiger partial charge in [0.05, 0.1) is 5.52 Å². The maximum Gasteiger partial charge on any atom is 0.0726 e. The van der Waals surface area contributed by atoms with Gasteiger partial charge >= 0.3 is 0 Å². The molecular weight excluding hydrogens is 294 g/mol. The zero-order valence-electron chi connectivity index (χ0n) is 14.3. The van der Waals surface area contributed by atoms with E-state index in [4.69, 9.17) is 10.7 Å². The third-order valence-corrected chi connectivity index (χ3v) is 4.87. The summed E-state index contributed by atoms with van der Waals surface area (Å²) in [6.07, 6.45) is 0.796.